The van der Waals surface area contributed by atoms with Crippen molar-refractivity contribution in [1.29, 1.82) is 0 Å². The van der Waals surface area contributed by atoms with Crippen LogP contribution in [0.15, 0.2) is 12.1 Å². The molecule has 0 atom stereocenters. The Bertz CT molecular complexity index is 399. The average Bonchev–Trinajstić information content (AvgIpc) is 2.22. The van der Waals surface area contributed by atoms with Gasteiger partial charge in [0.1, 0.15) is 16.6 Å². The highest BCUT2D eigenvalue weighted by Crippen LogP contribution is 2.45. The summed E-state index contributed by atoms with van der Waals surface area (Å²) in [5, 5.41) is 0.0396. The Morgan fingerprint density at radius 2 is 2.19 bits per heavy atom. The summed E-state index contributed by atoms with van der Waals surface area (Å²) in [6.07, 6.45) is 3.16. The van der Waals surface area contributed by atoms with Crippen LogP contribution in [0.4, 0.5) is 4.39 Å². The molecule has 0 unspecified atom stereocenters. The van der Waals surface area contributed by atoms with Crippen LogP contribution < -0.4 is 10.5 Å². The number of hydrogen-bond acceptors (Lipinski definition) is 2. The van der Waals surface area contributed by atoms with Gasteiger partial charge in [0.15, 0.2) is 0 Å². The maximum Gasteiger partial charge on any atom is 0.145 e. The molecule has 0 bridgehead atoms. The van der Waals surface area contributed by atoms with Crippen LogP contribution in [0.25, 0.3) is 0 Å². The van der Waals surface area contributed by atoms with Crippen LogP contribution >= 0.6 is 11.6 Å². The molecule has 88 valence electrons. The zero-order valence-corrected chi connectivity index (χ0v) is 9.98. The lowest BCUT2D eigenvalue weighted by molar-refractivity contribution is 0.251. The van der Waals surface area contributed by atoms with Gasteiger partial charge in [0, 0.05) is 12.0 Å². The van der Waals surface area contributed by atoms with Gasteiger partial charge < -0.3 is 10.5 Å². The lowest BCUT2D eigenvalue weighted by atomic mass is 9.64. The SMILES string of the molecule is COc1cc(C2(CN)CCC2)cc(F)c1Cl. The molecular formula is C12H15ClFNO. The minimum absolute atomic E-state index is 0.0396. The third-order valence-corrected chi connectivity index (χ3v) is 3.90. The monoisotopic (exact) mass is 243 g/mol. The van der Waals surface area contributed by atoms with Gasteiger partial charge in [0.05, 0.1) is 7.11 Å². The predicted molar refractivity (Wildman–Crippen MR) is 62.5 cm³/mol. The molecule has 2 N–H and O–H groups in total. The quantitative estimate of drug-likeness (QED) is 0.886. The summed E-state index contributed by atoms with van der Waals surface area (Å²) in [7, 11) is 1.49. The van der Waals surface area contributed by atoms with E-state index in [-0.39, 0.29) is 10.4 Å². The molecule has 0 aliphatic heterocycles. The van der Waals surface area contributed by atoms with E-state index in [0.29, 0.717) is 12.3 Å². The molecule has 1 saturated carbocycles. The smallest absolute Gasteiger partial charge is 0.145 e. The van der Waals surface area contributed by atoms with Crippen molar-refractivity contribution in [3.05, 3.63) is 28.5 Å². The van der Waals surface area contributed by atoms with E-state index in [2.05, 4.69) is 0 Å². The predicted octanol–water partition coefficient (Wildman–Crippen LogP) is 2.87. The minimum atomic E-state index is -0.434. The van der Waals surface area contributed by atoms with E-state index < -0.39 is 5.82 Å². The van der Waals surface area contributed by atoms with Crippen molar-refractivity contribution in [3.8, 4) is 5.75 Å². The fraction of sp³-hybridized carbons (Fsp3) is 0.500. The maximum absolute atomic E-state index is 13.6. The molecule has 0 spiro atoms. The normalized spacial score (nSPS) is 18.0. The summed E-state index contributed by atoms with van der Waals surface area (Å²) >= 11 is 5.79. The van der Waals surface area contributed by atoms with Gasteiger partial charge in [0.25, 0.3) is 0 Å². The Morgan fingerprint density at radius 3 is 2.62 bits per heavy atom. The number of nitrogens with two attached hydrogens (primary N) is 1. The van der Waals surface area contributed by atoms with E-state index >= 15 is 0 Å². The zero-order chi connectivity index (χ0) is 11.8. The summed E-state index contributed by atoms with van der Waals surface area (Å²) in [6, 6.07) is 3.29. The van der Waals surface area contributed by atoms with Crippen LogP contribution in [-0.2, 0) is 5.41 Å². The number of ether oxygens (including phenoxy) is 1. The van der Waals surface area contributed by atoms with Crippen molar-refractivity contribution in [3.63, 3.8) is 0 Å². The Balaban J connectivity index is 2.45. The van der Waals surface area contributed by atoms with Crippen molar-refractivity contribution < 1.29 is 9.13 Å². The fourth-order valence-electron chi connectivity index (χ4n) is 2.23. The second kappa shape index (κ2) is 4.22. The first-order chi connectivity index (χ1) is 7.63. The topological polar surface area (TPSA) is 35.2 Å². The number of halogens is 2. The summed E-state index contributed by atoms with van der Waals surface area (Å²) in [5.41, 5.74) is 6.62. The Kier molecular flexibility index (Phi) is 3.08. The Labute approximate surface area is 99.5 Å². The van der Waals surface area contributed by atoms with E-state index in [9.17, 15) is 4.39 Å². The molecule has 4 heteroatoms. The number of benzene rings is 1. The number of hydrogen-bond donors (Lipinski definition) is 1. The van der Waals surface area contributed by atoms with Crippen molar-refractivity contribution in [2.24, 2.45) is 5.73 Å². The van der Waals surface area contributed by atoms with E-state index in [1.807, 2.05) is 0 Å². The lowest BCUT2D eigenvalue weighted by Gasteiger charge is -2.41. The van der Waals surface area contributed by atoms with Crippen LogP contribution in [0.5, 0.6) is 5.75 Å². The zero-order valence-electron chi connectivity index (χ0n) is 9.22. The Morgan fingerprint density at radius 1 is 1.50 bits per heavy atom. The van der Waals surface area contributed by atoms with Crippen LogP contribution in [0.3, 0.4) is 0 Å². The van der Waals surface area contributed by atoms with Crippen molar-refractivity contribution in [2.45, 2.75) is 24.7 Å². The standard InChI is InChI=1S/C12H15ClFNO/c1-16-10-6-8(5-9(14)11(10)13)12(7-15)3-2-4-12/h5-6H,2-4,7,15H2,1H3. The molecule has 1 aliphatic rings. The van der Waals surface area contributed by atoms with Crippen molar-refractivity contribution in [2.75, 3.05) is 13.7 Å². The largest absolute Gasteiger partial charge is 0.495 e. The molecule has 1 fully saturated rings. The highest BCUT2D eigenvalue weighted by atomic mass is 35.5. The molecule has 1 aromatic carbocycles. The minimum Gasteiger partial charge on any atom is -0.495 e. The molecule has 0 radical (unpaired) electrons. The van der Waals surface area contributed by atoms with Gasteiger partial charge in [-0.15, -0.1) is 0 Å². The highest BCUT2D eigenvalue weighted by Gasteiger charge is 2.38. The van der Waals surface area contributed by atoms with E-state index in [1.165, 1.54) is 13.2 Å². The van der Waals surface area contributed by atoms with Gasteiger partial charge in [-0.1, -0.05) is 18.0 Å². The van der Waals surface area contributed by atoms with Crippen LogP contribution in [0.1, 0.15) is 24.8 Å². The molecule has 2 nitrogen and oxygen atoms in total. The van der Waals surface area contributed by atoms with Gasteiger partial charge in [0.2, 0.25) is 0 Å². The van der Waals surface area contributed by atoms with Crippen molar-refractivity contribution >= 4 is 11.6 Å². The van der Waals surface area contributed by atoms with E-state index in [0.717, 1.165) is 24.8 Å². The molecule has 1 aromatic rings. The van der Waals surface area contributed by atoms with Gasteiger partial charge in [-0.05, 0) is 30.5 Å². The fourth-order valence-corrected chi connectivity index (χ4v) is 2.42. The third-order valence-electron chi connectivity index (χ3n) is 3.53. The highest BCUT2D eigenvalue weighted by molar-refractivity contribution is 6.32. The van der Waals surface area contributed by atoms with E-state index in [1.54, 1.807) is 6.07 Å². The summed E-state index contributed by atoms with van der Waals surface area (Å²) in [5.74, 6) is -0.0490. The first-order valence-corrected chi connectivity index (χ1v) is 5.74. The van der Waals surface area contributed by atoms with Crippen LogP contribution in [0, 0.1) is 5.82 Å². The summed E-state index contributed by atoms with van der Waals surface area (Å²) in [6.45, 7) is 0.539. The molecule has 0 amide bonds. The lowest BCUT2D eigenvalue weighted by Crippen LogP contribution is -2.41. The van der Waals surface area contributed by atoms with Crippen LogP contribution in [-0.4, -0.2) is 13.7 Å². The molecule has 0 saturated heterocycles. The number of methoxy groups -OCH3 is 1. The number of rotatable bonds is 3. The van der Waals surface area contributed by atoms with Gasteiger partial charge in [-0.25, -0.2) is 4.39 Å². The van der Waals surface area contributed by atoms with Crippen molar-refractivity contribution in [1.82, 2.24) is 0 Å². The molecule has 2 rings (SSSR count). The second-order valence-electron chi connectivity index (χ2n) is 4.31. The van der Waals surface area contributed by atoms with Crippen LogP contribution in [0.2, 0.25) is 5.02 Å². The second-order valence-corrected chi connectivity index (χ2v) is 4.69. The first kappa shape index (κ1) is 11.7. The maximum atomic E-state index is 13.6. The Hall–Kier alpha value is -0.800. The third kappa shape index (κ3) is 1.68. The van der Waals surface area contributed by atoms with Gasteiger partial charge in [-0.3, -0.25) is 0 Å². The average molecular weight is 244 g/mol. The molecule has 16 heavy (non-hydrogen) atoms. The molecular weight excluding hydrogens is 229 g/mol. The summed E-state index contributed by atoms with van der Waals surface area (Å²) < 4.78 is 18.7. The molecule has 1 aliphatic carbocycles. The van der Waals surface area contributed by atoms with E-state index in [4.69, 9.17) is 22.1 Å². The first-order valence-electron chi connectivity index (χ1n) is 5.36. The summed E-state index contributed by atoms with van der Waals surface area (Å²) in [4.78, 5) is 0. The molecule has 0 heterocycles. The van der Waals surface area contributed by atoms with Gasteiger partial charge in [-0.2, -0.15) is 0 Å². The molecule has 0 aromatic heterocycles. The van der Waals surface area contributed by atoms with Gasteiger partial charge >= 0.3 is 0 Å².